The first-order valence-corrected chi connectivity index (χ1v) is 10.2. The minimum absolute atomic E-state index is 0.117. The Kier molecular flexibility index (Phi) is 6.74. The fraction of sp³-hybridized carbons (Fsp3) is 0.176. The molecule has 1 aliphatic heterocycles. The average Bonchev–Trinajstić information content (AvgIpc) is 3.12. The van der Waals surface area contributed by atoms with Crippen molar-refractivity contribution in [2.45, 2.75) is 17.7 Å². The van der Waals surface area contributed by atoms with E-state index in [9.17, 15) is 14.9 Å². The number of nitro groups is 1. The molecule has 0 fully saturated rings. The second-order valence-corrected chi connectivity index (χ2v) is 8.43. The fourth-order valence-corrected chi connectivity index (χ4v) is 4.12. The molecular weight excluding hydrogens is 461 g/mol. The maximum Gasteiger partial charge on any atom is 0.280 e. The van der Waals surface area contributed by atoms with Gasteiger partial charge < -0.3 is 5.32 Å². The number of thioether (sulfide) groups is 1. The number of halogens is 3. The number of para-hydroxylation sites is 1. The fourth-order valence-electron chi connectivity index (χ4n) is 2.39. The number of carbonyl (C=O) groups excluding carboxylic acids is 1. The van der Waals surface area contributed by atoms with Crippen molar-refractivity contribution in [3.8, 4) is 0 Å². The van der Waals surface area contributed by atoms with Gasteiger partial charge in [-0.15, -0.1) is 10.2 Å². The van der Waals surface area contributed by atoms with Crippen molar-refractivity contribution in [3.63, 3.8) is 0 Å². The molecule has 0 radical (unpaired) electrons. The number of hydrogen-bond acceptors (Lipinski definition) is 7. The predicted molar refractivity (Wildman–Crippen MR) is 115 cm³/mol. The largest absolute Gasteiger partial charge is 0.323 e. The molecule has 1 heterocycles. The summed E-state index contributed by atoms with van der Waals surface area (Å²) < 4.78 is 0. The Morgan fingerprint density at radius 1 is 1.24 bits per heavy atom. The Hall–Kier alpha value is -2.20. The van der Waals surface area contributed by atoms with Gasteiger partial charge in [0.2, 0.25) is 11.4 Å². The van der Waals surface area contributed by atoms with Gasteiger partial charge in [-0.1, -0.05) is 58.7 Å². The highest BCUT2D eigenvalue weighted by atomic mass is 35.5. The van der Waals surface area contributed by atoms with E-state index >= 15 is 0 Å². The van der Waals surface area contributed by atoms with Crippen LogP contribution < -0.4 is 5.32 Å². The minimum atomic E-state index is -0.707. The maximum absolute atomic E-state index is 12.5. The molecule has 0 unspecified atom stereocenters. The summed E-state index contributed by atoms with van der Waals surface area (Å²) in [4.78, 5) is 27.4. The van der Waals surface area contributed by atoms with Gasteiger partial charge in [0.05, 0.1) is 31.5 Å². The number of nitrogens with zero attached hydrogens (tertiary/aromatic N) is 4. The normalized spacial score (nSPS) is 16.4. The summed E-state index contributed by atoms with van der Waals surface area (Å²) in [5.41, 5.74) is -0.302. The molecule has 29 heavy (non-hydrogen) atoms. The molecule has 0 saturated heterocycles. The van der Waals surface area contributed by atoms with E-state index in [4.69, 9.17) is 34.8 Å². The highest BCUT2D eigenvalue weighted by molar-refractivity contribution is 8.01. The average molecular weight is 473 g/mol. The summed E-state index contributed by atoms with van der Waals surface area (Å²) in [5.74, 6) is -0.225. The molecule has 0 aromatic heterocycles. The van der Waals surface area contributed by atoms with Crippen LogP contribution in [0.15, 0.2) is 51.6 Å². The van der Waals surface area contributed by atoms with E-state index in [1.807, 2.05) is 0 Å². The third-order valence-electron chi connectivity index (χ3n) is 3.78. The highest BCUT2D eigenvalue weighted by Crippen LogP contribution is 2.35. The van der Waals surface area contributed by atoms with Crippen molar-refractivity contribution < 1.29 is 9.72 Å². The van der Waals surface area contributed by atoms with Crippen LogP contribution in [0.1, 0.15) is 12.5 Å². The predicted octanol–water partition coefficient (Wildman–Crippen LogP) is 5.81. The third kappa shape index (κ3) is 5.05. The van der Waals surface area contributed by atoms with Gasteiger partial charge >= 0.3 is 0 Å². The first-order valence-electron chi connectivity index (χ1n) is 8.09. The third-order valence-corrected chi connectivity index (χ3v) is 5.66. The van der Waals surface area contributed by atoms with E-state index in [1.165, 1.54) is 18.2 Å². The first-order chi connectivity index (χ1) is 13.8. The zero-order chi connectivity index (χ0) is 21.1. The van der Waals surface area contributed by atoms with Crippen LogP contribution in [0.25, 0.3) is 0 Å². The van der Waals surface area contributed by atoms with Gasteiger partial charge in [-0.25, -0.2) is 4.99 Å². The van der Waals surface area contributed by atoms with Gasteiger partial charge in [-0.3, -0.25) is 14.9 Å². The van der Waals surface area contributed by atoms with E-state index < -0.39 is 15.7 Å². The van der Waals surface area contributed by atoms with E-state index in [-0.39, 0.29) is 38.7 Å². The number of amides is 1. The molecule has 0 aliphatic carbocycles. The number of nitro benzene ring substituents is 1. The van der Waals surface area contributed by atoms with Crippen molar-refractivity contribution in [3.05, 3.63) is 67.1 Å². The van der Waals surface area contributed by atoms with Crippen molar-refractivity contribution in [2.24, 2.45) is 15.2 Å². The van der Waals surface area contributed by atoms with Crippen molar-refractivity contribution in [1.29, 1.82) is 0 Å². The van der Waals surface area contributed by atoms with Crippen LogP contribution in [0.4, 0.5) is 11.4 Å². The number of amidine groups is 1. The van der Waals surface area contributed by atoms with Crippen LogP contribution in [-0.4, -0.2) is 27.4 Å². The standard InChI is InChI=1S/C17H12Cl3N5O3S/c1-8(16(26)21-14-11(19)6-9(18)7-12(14)20)29-17-22-15(23-24-17)10-4-2-3-5-13(10)25(27)28/h2-8,17H,1H3,(H,21,26)/t8-,17-/m1/s1. The lowest BCUT2D eigenvalue weighted by Crippen LogP contribution is -2.24. The number of azo groups is 1. The summed E-state index contributed by atoms with van der Waals surface area (Å²) >= 11 is 19.1. The van der Waals surface area contributed by atoms with Crippen LogP contribution in [-0.2, 0) is 4.79 Å². The van der Waals surface area contributed by atoms with Crippen LogP contribution >= 0.6 is 46.6 Å². The Morgan fingerprint density at radius 3 is 2.55 bits per heavy atom. The molecule has 2 aromatic rings. The number of aliphatic imine (C=N–C) groups is 1. The number of hydrogen-bond donors (Lipinski definition) is 1. The SMILES string of the molecule is C[C@@H](S[C@H]1N=NC(c2ccccc2[N+](=O)[O-])=N1)C(=O)Nc1c(Cl)cc(Cl)cc1Cl. The lowest BCUT2D eigenvalue weighted by atomic mass is 10.1. The molecule has 1 amide bonds. The van der Waals surface area contributed by atoms with Gasteiger partial charge in [-0.05, 0) is 25.1 Å². The van der Waals surface area contributed by atoms with Gasteiger partial charge in [0.15, 0.2) is 5.84 Å². The highest BCUT2D eigenvalue weighted by Gasteiger charge is 2.26. The topological polar surface area (TPSA) is 109 Å². The molecule has 12 heteroatoms. The molecule has 0 spiro atoms. The van der Waals surface area contributed by atoms with Crippen LogP contribution in [0.3, 0.4) is 0 Å². The number of carbonyl (C=O) groups is 1. The summed E-state index contributed by atoms with van der Waals surface area (Å²) in [6.07, 6.45) is 0. The number of benzene rings is 2. The summed E-state index contributed by atoms with van der Waals surface area (Å²) in [7, 11) is 0. The molecule has 150 valence electrons. The Bertz CT molecular complexity index is 1020. The maximum atomic E-state index is 12.5. The molecule has 0 saturated carbocycles. The summed E-state index contributed by atoms with van der Waals surface area (Å²) in [6, 6.07) is 9.05. The molecule has 2 aromatic carbocycles. The monoisotopic (exact) mass is 471 g/mol. The lowest BCUT2D eigenvalue weighted by Gasteiger charge is -2.14. The molecular formula is C17H12Cl3N5O3S. The Labute approximate surface area is 184 Å². The zero-order valence-electron chi connectivity index (χ0n) is 14.7. The molecule has 2 atom stereocenters. The van der Waals surface area contributed by atoms with E-state index in [0.29, 0.717) is 5.02 Å². The quantitative estimate of drug-likeness (QED) is 0.422. The Morgan fingerprint density at radius 2 is 1.90 bits per heavy atom. The molecule has 1 aliphatic rings. The van der Waals surface area contributed by atoms with Gasteiger partial charge in [0, 0.05) is 11.1 Å². The number of anilines is 1. The number of nitrogens with one attached hydrogen (secondary N) is 1. The van der Waals surface area contributed by atoms with Crippen molar-refractivity contribution >= 4 is 69.7 Å². The summed E-state index contributed by atoms with van der Waals surface area (Å²) in [6.45, 7) is 1.66. The molecule has 1 N–H and O–H groups in total. The van der Waals surface area contributed by atoms with Crippen LogP contribution in [0.5, 0.6) is 0 Å². The minimum Gasteiger partial charge on any atom is -0.323 e. The smallest absolute Gasteiger partial charge is 0.280 e. The van der Waals surface area contributed by atoms with Crippen LogP contribution in [0, 0.1) is 10.1 Å². The zero-order valence-corrected chi connectivity index (χ0v) is 17.8. The lowest BCUT2D eigenvalue weighted by molar-refractivity contribution is -0.385. The van der Waals surface area contributed by atoms with Crippen molar-refractivity contribution in [1.82, 2.24) is 0 Å². The van der Waals surface area contributed by atoms with E-state index in [2.05, 4.69) is 20.5 Å². The van der Waals surface area contributed by atoms with Gasteiger partial charge in [0.25, 0.3) is 5.69 Å². The molecule has 8 nitrogen and oxygen atoms in total. The van der Waals surface area contributed by atoms with Crippen molar-refractivity contribution in [2.75, 3.05) is 5.32 Å². The van der Waals surface area contributed by atoms with Gasteiger partial charge in [0.1, 0.15) is 0 Å². The van der Waals surface area contributed by atoms with Crippen LogP contribution in [0.2, 0.25) is 15.1 Å². The summed E-state index contributed by atoms with van der Waals surface area (Å²) in [5, 5.41) is 21.9. The number of rotatable bonds is 6. The second kappa shape index (κ2) is 9.08. The second-order valence-electron chi connectivity index (χ2n) is 5.78. The first kappa shape index (κ1) is 21.5. The van der Waals surface area contributed by atoms with Gasteiger partial charge in [-0.2, -0.15) is 0 Å². The Balaban J connectivity index is 1.69. The van der Waals surface area contributed by atoms with E-state index in [1.54, 1.807) is 25.1 Å². The van der Waals surface area contributed by atoms with E-state index in [0.717, 1.165) is 11.8 Å². The molecule has 0 bridgehead atoms. The molecule has 3 rings (SSSR count).